The van der Waals surface area contributed by atoms with Crippen molar-refractivity contribution in [1.82, 2.24) is 5.48 Å². The minimum absolute atomic E-state index is 0.0839. The van der Waals surface area contributed by atoms with Gasteiger partial charge in [0.2, 0.25) is 0 Å². The fourth-order valence-electron chi connectivity index (χ4n) is 2.27. The second-order valence-corrected chi connectivity index (χ2v) is 5.67. The monoisotopic (exact) mass is 265 g/mol. The zero-order valence-electron chi connectivity index (χ0n) is 12.0. The van der Waals surface area contributed by atoms with Crippen molar-refractivity contribution >= 4 is 11.6 Å². The van der Waals surface area contributed by atoms with Crippen LogP contribution in [0.1, 0.15) is 46.5 Å². The summed E-state index contributed by atoms with van der Waals surface area (Å²) in [6.07, 6.45) is 3.89. The first-order valence-electron chi connectivity index (χ1n) is 6.69. The number of nitrogens with one attached hydrogen (secondary N) is 1. The lowest BCUT2D eigenvalue weighted by Gasteiger charge is -2.29. The van der Waals surface area contributed by atoms with E-state index in [1.165, 1.54) is 0 Å². The molecule has 1 fully saturated rings. The molecular weight excluding hydrogens is 242 g/mol. The summed E-state index contributed by atoms with van der Waals surface area (Å²) < 4.78 is 0. The molecule has 19 heavy (non-hydrogen) atoms. The Bertz CT molecular complexity index is 386. The van der Waals surface area contributed by atoms with Crippen LogP contribution in [0.2, 0.25) is 0 Å². The molecule has 0 aromatic carbocycles. The zero-order chi connectivity index (χ0) is 14.5. The molecule has 0 unspecified atom stereocenters. The van der Waals surface area contributed by atoms with E-state index in [-0.39, 0.29) is 17.0 Å². The van der Waals surface area contributed by atoms with Crippen LogP contribution in [0, 0.1) is 5.41 Å². The van der Waals surface area contributed by atoms with E-state index in [2.05, 4.69) is 12.1 Å². The number of hydroxylamine groups is 1. The molecule has 0 saturated heterocycles. The molecule has 0 aromatic rings. The van der Waals surface area contributed by atoms with Crippen LogP contribution in [0.4, 0.5) is 0 Å². The highest BCUT2D eigenvalue weighted by Crippen LogP contribution is 2.34. The number of Topliss-reactive ketones (excluding diaryl/α,β-unsaturated/α-hetero) is 2. The minimum Gasteiger partial charge on any atom is -0.294 e. The van der Waals surface area contributed by atoms with Crippen LogP contribution in [-0.4, -0.2) is 18.2 Å². The fraction of sp³-hybridized carbons (Fsp3) is 0.600. The van der Waals surface area contributed by atoms with Crippen LogP contribution in [-0.2, 0) is 14.4 Å². The van der Waals surface area contributed by atoms with Gasteiger partial charge in [0, 0.05) is 12.8 Å². The van der Waals surface area contributed by atoms with E-state index in [4.69, 9.17) is 4.84 Å². The number of rotatable bonds is 6. The van der Waals surface area contributed by atoms with E-state index < -0.39 is 0 Å². The Labute approximate surface area is 114 Å². The number of allylic oxidation sites excluding steroid dienone is 2. The van der Waals surface area contributed by atoms with Crippen molar-refractivity contribution < 1.29 is 14.4 Å². The van der Waals surface area contributed by atoms with Crippen molar-refractivity contribution in [3.8, 4) is 0 Å². The van der Waals surface area contributed by atoms with Gasteiger partial charge < -0.3 is 0 Å². The summed E-state index contributed by atoms with van der Waals surface area (Å²) in [4.78, 5) is 29.5. The Balaban J connectivity index is 2.96. The predicted octanol–water partition coefficient (Wildman–Crippen LogP) is 2.71. The van der Waals surface area contributed by atoms with Gasteiger partial charge in [-0.3, -0.25) is 19.9 Å². The largest absolute Gasteiger partial charge is 0.294 e. The van der Waals surface area contributed by atoms with Crippen molar-refractivity contribution in [1.29, 1.82) is 0 Å². The van der Waals surface area contributed by atoms with E-state index in [9.17, 15) is 9.59 Å². The smallest absolute Gasteiger partial charge is 0.168 e. The van der Waals surface area contributed by atoms with Crippen LogP contribution >= 0.6 is 0 Å². The standard InChI is InChI=1S/C15H23NO3/c1-5-7-11(16-19-8-6-2)14-12(17)9-15(3,4)10-13(14)18/h6,16H,2,5,7-10H2,1,3-4H3. The molecule has 4 heteroatoms. The quantitative estimate of drug-likeness (QED) is 0.264. The number of ketones is 2. The normalized spacial score (nSPS) is 18.4. The van der Waals surface area contributed by atoms with Crippen LogP contribution in [0.3, 0.4) is 0 Å². The lowest BCUT2D eigenvalue weighted by atomic mass is 9.73. The molecule has 1 saturated carbocycles. The van der Waals surface area contributed by atoms with E-state index in [0.29, 0.717) is 37.1 Å². The van der Waals surface area contributed by atoms with Gasteiger partial charge in [-0.15, -0.1) is 6.58 Å². The topological polar surface area (TPSA) is 55.4 Å². The average Bonchev–Trinajstić information content (AvgIpc) is 2.26. The van der Waals surface area contributed by atoms with Crippen molar-refractivity contribution in [2.24, 2.45) is 5.41 Å². The lowest BCUT2D eigenvalue weighted by Crippen LogP contribution is -2.34. The summed E-state index contributed by atoms with van der Waals surface area (Å²) in [5.41, 5.74) is 3.41. The minimum atomic E-state index is -0.239. The van der Waals surface area contributed by atoms with Gasteiger partial charge in [-0.05, 0) is 11.8 Å². The number of carbonyl (C=O) groups excluding carboxylic acids is 2. The molecule has 0 aromatic heterocycles. The Morgan fingerprint density at radius 1 is 1.37 bits per heavy atom. The molecule has 0 aliphatic heterocycles. The predicted molar refractivity (Wildman–Crippen MR) is 74.2 cm³/mol. The van der Waals surface area contributed by atoms with E-state index in [1.807, 2.05) is 20.8 Å². The molecule has 1 aliphatic rings. The van der Waals surface area contributed by atoms with E-state index in [0.717, 1.165) is 6.42 Å². The van der Waals surface area contributed by atoms with E-state index >= 15 is 0 Å². The first-order valence-corrected chi connectivity index (χ1v) is 6.69. The zero-order valence-corrected chi connectivity index (χ0v) is 12.0. The summed E-state index contributed by atoms with van der Waals surface area (Å²) in [6.45, 7) is 9.77. The van der Waals surface area contributed by atoms with Crippen LogP contribution in [0.5, 0.6) is 0 Å². The molecule has 1 aliphatic carbocycles. The lowest BCUT2D eigenvalue weighted by molar-refractivity contribution is -0.127. The highest BCUT2D eigenvalue weighted by molar-refractivity contribution is 6.22. The summed E-state index contributed by atoms with van der Waals surface area (Å²) in [6, 6.07) is 0. The van der Waals surface area contributed by atoms with Gasteiger partial charge in [0.05, 0.1) is 17.9 Å². The Morgan fingerprint density at radius 3 is 2.42 bits per heavy atom. The highest BCUT2D eigenvalue weighted by Gasteiger charge is 2.37. The molecule has 0 heterocycles. The maximum Gasteiger partial charge on any atom is 0.168 e. The van der Waals surface area contributed by atoms with Crippen LogP contribution < -0.4 is 5.48 Å². The van der Waals surface area contributed by atoms with Gasteiger partial charge in [-0.25, -0.2) is 0 Å². The van der Waals surface area contributed by atoms with Crippen LogP contribution in [0.15, 0.2) is 23.9 Å². The molecule has 0 atom stereocenters. The second-order valence-electron chi connectivity index (χ2n) is 5.67. The molecule has 0 bridgehead atoms. The van der Waals surface area contributed by atoms with Gasteiger partial charge >= 0.3 is 0 Å². The number of carbonyl (C=O) groups is 2. The third-order valence-electron chi connectivity index (χ3n) is 3.03. The molecule has 1 rings (SSSR count). The first kappa shape index (κ1) is 15.6. The summed E-state index contributed by atoms with van der Waals surface area (Å²) in [5.74, 6) is -0.168. The number of hydrogen-bond acceptors (Lipinski definition) is 4. The van der Waals surface area contributed by atoms with Crippen LogP contribution in [0.25, 0.3) is 0 Å². The van der Waals surface area contributed by atoms with Gasteiger partial charge in [-0.2, -0.15) is 0 Å². The third-order valence-corrected chi connectivity index (χ3v) is 3.03. The van der Waals surface area contributed by atoms with Gasteiger partial charge in [-0.1, -0.05) is 33.3 Å². The van der Waals surface area contributed by atoms with Gasteiger partial charge in [0.1, 0.15) is 0 Å². The highest BCUT2D eigenvalue weighted by atomic mass is 16.6. The molecule has 0 spiro atoms. The van der Waals surface area contributed by atoms with E-state index in [1.54, 1.807) is 6.08 Å². The Kier molecular flexibility index (Phi) is 5.48. The second kappa shape index (κ2) is 6.66. The van der Waals surface area contributed by atoms with Crippen molar-refractivity contribution in [2.45, 2.75) is 46.5 Å². The SMILES string of the molecule is C=CCONC(CCC)=C1C(=O)CC(C)(C)CC1=O. The maximum absolute atomic E-state index is 12.2. The summed E-state index contributed by atoms with van der Waals surface area (Å²) in [7, 11) is 0. The fourth-order valence-corrected chi connectivity index (χ4v) is 2.27. The molecular formula is C15H23NO3. The molecule has 0 amide bonds. The number of hydrogen-bond donors (Lipinski definition) is 1. The average molecular weight is 265 g/mol. The third kappa shape index (κ3) is 4.31. The van der Waals surface area contributed by atoms with Crippen molar-refractivity contribution in [3.05, 3.63) is 23.9 Å². The first-order chi connectivity index (χ1) is 8.91. The van der Waals surface area contributed by atoms with Gasteiger partial charge in [0.25, 0.3) is 0 Å². The van der Waals surface area contributed by atoms with Gasteiger partial charge in [0.15, 0.2) is 11.6 Å². The Morgan fingerprint density at radius 2 is 1.95 bits per heavy atom. The summed E-state index contributed by atoms with van der Waals surface area (Å²) >= 11 is 0. The molecule has 0 radical (unpaired) electrons. The summed E-state index contributed by atoms with van der Waals surface area (Å²) in [5, 5.41) is 0. The molecule has 4 nitrogen and oxygen atoms in total. The van der Waals surface area contributed by atoms with Crippen molar-refractivity contribution in [3.63, 3.8) is 0 Å². The molecule has 1 N–H and O–H groups in total. The van der Waals surface area contributed by atoms with Crippen molar-refractivity contribution in [2.75, 3.05) is 6.61 Å². The maximum atomic E-state index is 12.2. The molecule has 106 valence electrons. The Hall–Kier alpha value is -1.42.